The highest BCUT2D eigenvalue weighted by molar-refractivity contribution is 7.45. The molecule has 0 rings (SSSR count). The number of hydrogen-bond acceptors (Lipinski definition) is 6. The van der Waals surface area contributed by atoms with Gasteiger partial charge in [-0.05, 0) is 70.6 Å². The second-order valence-electron chi connectivity index (χ2n) is 14.9. The molecule has 0 aliphatic carbocycles. The monoisotopic (exact) mass is 763 g/mol. The van der Waals surface area contributed by atoms with Crippen LogP contribution in [0.25, 0.3) is 0 Å². The van der Waals surface area contributed by atoms with Gasteiger partial charge < -0.3 is 28.8 Å². The highest BCUT2D eigenvalue weighted by atomic mass is 31.2. The molecule has 306 valence electrons. The molecule has 0 aromatic rings. The van der Waals surface area contributed by atoms with Crippen LogP contribution >= 0.6 is 7.82 Å². The van der Waals surface area contributed by atoms with Crippen LogP contribution in [-0.2, 0) is 18.4 Å². The third-order valence-corrected chi connectivity index (χ3v) is 9.61. The number of carbonyl (C=O) groups excluding carboxylic acids is 1. The lowest BCUT2D eigenvalue weighted by Crippen LogP contribution is -2.45. The maximum absolute atomic E-state index is 12.8. The van der Waals surface area contributed by atoms with Crippen molar-refractivity contribution in [1.29, 1.82) is 0 Å². The lowest BCUT2D eigenvalue weighted by Gasteiger charge is -2.29. The summed E-state index contributed by atoms with van der Waals surface area (Å²) in [4.78, 5) is 25.2. The van der Waals surface area contributed by atoms with Crippen molar-refractivity contribution >= 4 is 13.7 Å². The Labute approximate surface area is 325 Å². The molecule has 53 heavy (non-hydrogen) atoms. The predicted molar refractivity (Wildman–Crippen MR) is 223 cm³/mol. The van der Waals surface area contributed by atoms with E-state index in [0.717, 1.165) is 77.0 Å². The molecular formula is C44H79N2O6P. The van der Waals surface area contributed by atoms with Crippen LogP contribution in [-0.4, -0.2) is 68.5 Å². The highest BCUT2D eigenvalue weighted by Crippen LogP contribution is 2.38. The fraction of sp³-hybridized carbons (Fsp3) is 0.705. The normalized spacial score (nSPS) is 15.2. The fourth-order valence-electron chi connectivity index (χ4n) is 5.33. The number of aliphatic hydroxyl groups excluding tert-OH is 1. The molecule has 0 fully saturated rings. The van der Waals surface area contributed by atoms with Crippen LogP contribution in [0.3, 0.4) is 0 Å². The van der Waals surface area contributed by atoms with Crippen molar-refractivity contribution in [3.63, 3.8) is 0 Å². The number of rotatable bonds is 36. The quantitative estimate of drug-likeness (QED) is 0.0285. The van der Waals surface area contributed by atoms with Crippen molar-refractivity contribution in [1.82, 2.24) is 5.32 Å². The maximum atomic E-state index is 12.8. The molecule has 2 N–H and O–H groups in total. The van der Waals surface area contributed by atoms with Crippen LogP contribution in [0.15, 0.2) is 72.9 Å². The number of hydrogen-bond donors (Lipinski definition) is 2. The van der Waals surface area contributed by atoms with Crippen LogP contribution in [0.4, 0.5) is 0 Å². The van der Waals surface area contributed by atoms with Crippen LogP contribution in [0, 0.1) is 0 Å². The summed E-state index contributed by atoms with van der Waals surface area (Å²) in [7, 11) is 1.22. The molecule has 3 unspecified atom stereocenters. The Hall–Kier alpha value is -2.06. The molecule has 9 heteroatoms. The molecule has 0 radical (unpaired) electrons. The minimum atomic E-state index is -4.59. The van der Waals surface area contributed by atoms with Crippen molar-refractivity contribution in [2.24, 2.45) is 0 Å². The Morgan fingerprint density at radius 1 is 0.679 bits per heavy atom. The Morgan fingerprint density at radius 2 is 1.17 bits per heavy atom. The average molecular weight is 763 g/mol. The van der Waals surface area contributed by atoms with E-state index in [1.165, 1.54) is 51.4 Å². The second-order valence-corrected chi connectivity index (χ2v) is 16.4. The fourth-order valence-corrected chi connectivity index (χ4v) is 6.06. The summed E-state index contributed by atoms with van der Waals surface area (Å²) in [5.41, 5.74) is 0. The van der Waals surface area contributed by atoms with Gasteiger partial charge in [-0.1, -0.05) is 145 Å². The number of carbonyl (C=O) groups is 1. The van der Waals surface area contributed by atoms with Gasteiger partial charge in [-0.3, -0.25) is 9.36 Å². The molecule has 0 heterocycles. The van der Waals surface area contributed by atoms with Gasteiger partial charge in [0.15, 0.2) is 0 Å². The average Bonchev–Trinajstić information content (AvgIpc) is 3.10. The summed E-state index contributed by atoms with van der Waals surface area (Å²) in [6.07, 6.45) is 46.7. The summed E-state index contributed by atoms with van der Waals surface area (Å²) in [5.74, 6) is -0.223. The van der Waals surface area contributed by atoms with Gasteiger partial charge in [0, 0.05) is 6.42 Å². The minimum Gasteiger partial charge on any atom is -0.756 e. The lowest BCUT2D eigenvalue weighted by atomic mass is 10.1. The van der Waals surface area contributed by atoms with Gasteiger partial charge in [0.25, 0.3) is 7.82 Å². The second kappa shape index (κ2) is 35.6. The zero-order valence-corrected chi connectivity index (χ0v) is 35.3. The molecular weight excluding hydrogens is 683 g/mol. The Balaban J connectivity index is 4.41. The van der Waals surface area contributed by atoms with Crippen molar-refractivity contribution in [3.05, 3.63) is 72.9 Å². The summed E-state index contributed by atoms with van der Waals surface area (Å²) < 4.78 is 23.1. The first-order valence-electron chi connectivity index (χ1n) is 20.8. The van der Waals surface area contributed by atoms with Gasteiger partial charge in [0.1, 0.15) is 13.2 Å². The zero-order chi connectivity index (χ0) is 39.3. The molecule has 0 saturated carbocycles. The third-order valence-electron chi connectivity index (χ3n) is 8.65. The Bertz CT molecular complexity index is 1090. The van der Waals surface area contributed by atoms with E-state index in [1.54, 1.807) is 6.08 Å². The third kappa shape index (κ3) is 38.0. The van der Waals surface area contributed by atoms with E-state index >= 15 is 0 Å². The number of nitrogens with zero attached hydrogens (tertiary/aromatic N) is 1. The standard InChI is InChI=1S/C44H79N2O6P/c1-6-8-10-12-14-16-18-19-20-21-22-23-24-25-26-27-28-30-32-34-36-38-44(48)45-42(41-52-53(49,50)51-40-39-46(3,4)5)43(47)37-35-33-31-29-17-15-13-11-9-7-2/h8,10,14,16-17,19-20,22-23,29,35,37,42-43,47H,6-7,9,11-13,15,18,21,24-28,30-34,36,38-41H2,1-5H3,(H-,45,48,49,50)/b10-8-,16-14-,20-19-,23-22-,29-17+,37-35+. The molecule has 8 nitrogen and oxygen atoms in total. The van der Waals surface area contributed by atoms with Gasteiger partial charge in [-0.15, -0.1) is 0 Å². The van der Waals surface area contributed by atoms with Gasteiger partial charge >= 0.3 is 0 Å². The minimum absolute atomic E-state index is 0.0120. The number of phosphoric ester groups is 1. The van der Waals surface area contributed by atoms with Gasteiger partial charge in [0.2, 0.25) is 5.91 Å². The predicted octanol–water partition coefficient (Wildman–Crippen LogP) is 10.6. The number of unbranched alkanes of at least 4 members (excludes halogenated alkanes) is 13. The maximum Gasteiger partial charge on any atom is 0.268 e. The molecule has 0 aromatic heterocycles. The summed E-state index contributed by atoms with van der Waals surface area (Å²) in [6, 6.07) is -0.909. The Morgan fingerprint density at radius 3 is 1.75 bits per heavy atom. The molecule has 0 aliphatic rings. The van der Waals surface area contributed by atoms with E-state index in [-0.39, 0.29) is 12.5 Å². The van der Waals surface area contributed by atoms with Crippen LogP contribution in [0.1, 0.15) is 149 Å². The first-order chi connectivity index (χ1) is 25.5. The van der Waals surface area contributed by atoms with Gasteiger partial charge in [-0.25, -0.2) is 0 Å². The SMILES string of the molecule is CC/C=C\C/C=C\C/C=C\C/C=C\CCCCCCCCCCC(=O)NC(COP(=O)([O-])OCC[N+](C)(C)C)C(O)/C=C/CC/C=C/CCCCCC. The van der Waals surface area contributed by atoms with Crippen LogP contribution in [0.2, 0.25) is 0 Å². The molecule has 0 saturated heterocycles. The number of amides is 1. The number of nitrogens with one attached hydrogen (secondary N) is 1. The van der Waals surface area contributed by atoms with Crippen molar-refractivity contribution in [2.45, 2.75) is 161 Å². The number of quaternary nitrogens is 1. The number of likely N-dealkylation sites (N-methyl/N-ethyl adjacent to an activating group) is 1. The number of phosphoric acid groups is 1. The van der Waals surface area contributed by atoms with E-state index in [2.05, 4.69) is 79.9 Å². The van der Waals surface area contributed by atoms with Crippen molar-refractivity contribution in [2.75, 3.05) is 40.9 Å². The van der Waals surface area contributed by atoms with Crippen LogP contribution < -0.4 is 10.2 Å². The lowest BCUT2D eigenvalue weighted by molar-refractivity contribution is -0.870. The molecule has 3 atom stereocenters. The smallest absolute Gasteiger partial charge is 0.268 e. The highest BCUT2D eigenvalue weighted by Gasteiger charge is 2.23. The summed E-state index contributed by atoms with van der Waals surface area (Å²) >= 11 is 0. The number of aliphatic hydroxyl groups is 1. The van der Waals surface area contributed by atoms with Crippen molar-refractivity contribution < 1.29 is 32.9 Å². The first kappa shape index (κ1) is 50.9. The van der Waals surface area contributed by atoms with E-state index in [1.807, 2.05) is 27.2 Å². The molecule has 0 bridgehead atoms. The Kier molecular flexibility index (Phi) is 34.2. The molecule has 1 amide bonds. The number of allylic oxidation sites excluding steroid dienone is 11. The van der Waals surface area contributed by atoms with E-state index in [0.29, 0.717) is 17.4 Å². The largest absolute Gasteiger partial charge is 0.756 e. The summed E-state index contributed by atoms with van der Waals surface area (Å²) in [6.45, 7) is 4.44. The molecule has 0 aromatic carbocycles. The van der Waals surface area contributed by atoms with E-state index < -0.39 is 26.6 Å². The zero-order valence-electron chi connectivity index (χ0n) is 34.4. The van der Waals surface area contributed by atoms with Crippen LogP contribution in [0.5, 0.6) is 0 Å². The summed E-state index contributed by atoms with van der Waals surface area (Å²) in [5, 5.41) is 13.7. The topological polar surface area (TPSA) is 108 Å². The van der Waals surface area contributed by atoms with Gasteiger partial charge in [-0.2, -0.15) is 0 Å². The van der Waals surface area contributed by atoms with Crippen molar-refractivity contribution in [3.8, 4) is 0 Å². The van der Waals surface area contributed by atoms with E-state index in [4.69, 9.17) is 9.05 Å². The van der Waals surface area contributed by atoms with E-state index in [9.17, 15) is 19.4 Å². The molecule has 0 spiro atoms. The first-order valence-corrected chi connectivity index (χ1v) is 22.3. The molecule has 0 aliphatic heterocycles. The van der Waals surface area contributed by atoms with Gasteiger partial charge in [0.05, 0.1) is 39.9 Å².